The Labute approximate surface area is 111 Å². The number of amides is 1. The lowest BCUT2D eigenvalue weighted by molar-refractivity contribution is 0.102. The largest absolute Gasteiger partial charge is 0.360 e. The summed E-state index contributed by atoms with van der Waals surface area (Å²) in [5, 5.41) is 13.5. The number of hydrogen-bond acceptors (Lipinski definition) is 4. The number of carbonyl (C=O) groups is 1. The van der Waals surface area contributed by atoms with E-state index in [0.717, 1.165) is 11.3 Å². The lowest BCUT2D eigenvalue weighted by atomic mass is 10.0. The van der Waals surface area contributed by atoms with Gasteiger partial charge in [-0.3, -0.25) is 9.89 Å². The summed E-state index contributed by atoms with van der Waals surface area (Å²) in [7, 11) is 0. The van der Waals surface area contributed by atoms with E-state index in [4.69, 9.17) is 4.52 Å². The van der Waals surface area contributed by atoms with E-state index in [2.05, 4.69) is 20.7 Å². The van der Waals surface area contributed by atoms with Gasteiger partial charge in [0.1, 0.15) is 5.56 Å². The summed E-state index contributed by atoms with van der Waals surface area (Å²) in [6.45, 7) is 9.48. The molecule has 0 atom stereocenters. The van der Waals surface area contributed by atoms with Crippen molar-refractivity contribution in [2.45, 2.75) is 40.5 Å². The molecule has 0 bridgehead atoms. The Hall–Kier alpha value is -2.11. The van der Waals surface area contributed by atoms with Crippen LogP contribution in [0.3, 0.4) is 0 Å². The summed E-state index contributed by atoms with van der Waals surface area (Å²) >= 11 is 0. The van der Waals surface area contributed by atoms with Crippen LogP contribution in [0.15, 0.2) is 4.52 Å². The van der Waals surface area contributed by atoms with E-state index in [-0.39, 0.29) is 11.8 Å². The van der Waals surface area contributed by atoms with E-state index in [1.807, 2.05) is 27.7 Å². The predicted molar refractivity (Wildman–Crippen MR) is 71.3 cm³/mol. The Kier molecular flexibility index (Phi) is 3.42. The van der Waals surface area contributed by atoms with Gasteiger partial charge in [-0.25, -0.2) is 0 Å². The highest BCUT2D eigenvalue weighted by Gasteiger charge is 2.23. The minimum atomic E-state index is -0.239. The van der Waals surface area contributed by atoms with Crippen LogP contribution in [-0.2, 0) is 0 Å². The van der Waals surface area contributed by atoms with Crippen LogP contribution in [0.1, 0.15) is 52.8 Å². The molecule has 0 radical (unpaired) electrons. The predicted octanol–water partition coefficient (Wildman–Crippen LogP) is 2.70. The van der Waals surface area contributed by atoms with E-state index in [1.54, 1.807) is 6.92 Å². The van der Waals surface area contributed by atoms with Gasteiger partial charge < -0.3 is 9.84 Å². The van der Waals surface area contributed by atoms with Crippen LogP contribution in [0.2, 0.25) is 0 Å². The third-order valence-corrected chi connectivity index (χ3v) is 3.13. The van der Waals surface area contributed by atoms with Crippen LogP contribution in [-0.4, -0.2) is 21.3 Å². The topological polar surface area (TPSA) is 83.8 Å². The molecule has 2 aromatic rings. The fourth-order valence-corrected chi connectivity index (χ4v) is 1.83. The molecule has 2 N–H and O–H groups in total. The molecule has 0 saturated carbocycles. The van der Waals surface area contributed by atoms with E-state index in [0.29, 0.717) is 22.8 Å². The molecule has 0 aliphatic heterocycles. The minimum Gasteiger partial charge on any atom is -0.360 e. The van der Waals surface area contributed by atoms with Crippen molar-refractivity contribution in [2.75, 3.05) is 5.32 Å². The number of carbonyl (C=O) groups excluding carboxylic acids is 1. The summed E-state index contributed by atoms with van der Waals surface area (Å²) in [5.74, 6) is 0.999. The third-order valence-electron chi connectivity index (χ3n) is 3.13. The molecular weight excluding hydrogens is 244 g/mol. The average molecular weight is 262 g/mol. The van der Waals surface area contributed by atoms with Gasteiger partial charge in [-0.1, -0.05) is 19.0 Å². The molecule has 102 valence electrons. The van der Waals surface area contributed by atoms with Gasteiger partial charge in [0.15, 0.2) is 11.6 Å². The maximum absolute atomic E-state index is 12.3. The van der Waals surface area contributed by atoms with Gasteiger partial charge in [-0.15, -0.1) is 0 Å². The summed E-state index contributed by atoms with van der Waals surface area (Å²) in [6, 6.07) is 0. The SMILES string of the molecule is Cc1noc(C(C)C)c1C(=O)Nc1n[nH]c(C)c1C. The van der Waals surface area contributed by atoms with E-state index in [9.17, 15) is 4.79 Å². The number of hydrogen-bond donors (Lipinski definition) is 2. The second-order valence-electron chi connectivity index (χ2n) is 4.94. The Morgan fingerprint density at radius 1 is 1.32 bits per heavy atom. The molecule has 0 fully saturated rings. The van der Waals surface area contributed by atoms with Crippen molar-refractivity contribution in [3.05, 3.63) is 28.3 Å². The number of nitrogens with zero attached hydrogens (tertiary/aromatic N) is 2. The Morgan fingerprint density at radius 3 is 2.53 bits per heavy atom. The first kappa shape index (κ1) is 13.3. The van der Waals surface area contributed by atoms with Crippen LogP contribution >= 0.6 is 0 Å². The van der Waals surface area contributed by atoms with Crippen LogP contribution in [0.4, 0.5) is 5.82 Å². The van der Waals surface area contributed by atoms with Gasteiger partial charge in [0.05, 0.1) is 5.69 Å². The quantitative estimate of drug-likeness (QED) is 0.890. The second-order valence-corrected chi connectivity index (χ2v) is 4.94. The highest BCUT2D eigenvalue weighted by Crippen LogP contribution is 2.23. The molecule has 0 aromatic carbocycles. The van der Waals surface area contributed by atoms with Gasteiger partial charge in [0.2, 0.25) is 0 Å². The lowest BCUT2D eigenvalue weighted by Gasteiger charge is -2.05. The van der Waals surface area contributed by atoms with Crippen molar-refractivity contribution in [1.82, 2.24) is 15.4 Å². The van der Waals surface area contributed by atoms with Crippen LogP contribution in [0, 0.1) is 20.8 Å². The third kappa shape index (κ3) is 2.38. The number of aromatic nitrogens is 3. The summed E-state index contributed by atoms with van der Waals surface area (Å²) in [6.07, 6.45) is 0. The van der Waals surface area contributed by atoms with Gasteiger partial charge >= 0.3 is 0 Å². The maximum atomic E-state index is 12.3. The Morgan fingerprint density at radius 2 is 2.00 bits per heavy atom. The molecule has 6 nitrogen and oxygen atoms in total. The monoisotopic (exact) mass is 262 g/mol. The smallest absolute Gasteiger partial charge is 0.262 e. The van der Waals surface area contributed by atoms with Gasteiger partial charge in [0.25, 0.3) is 5.91 Å². The van der Waals surface area contributed by atoms with Crippen molar-refractivity contribution in [3.63, 3.8) is 0 Å². The van der Waals surface area contributed by atoms with Crippen molar-refractivity contribution < 1.29 is 9.32 Å². The number of anilines is 1. The molecule has 0 saturated heterocycles. The standard InChI is InChI=1S/C13H18N4O2/c1-6(2)11-10(9(5)17-19-11)13(18)14-12-7(3)8(4)15-16-12/h6H,1-5H3,(H2,14,15,16,18). The van der Waals surface area contributed by atoms with Crippen molar-refractivity contribution >= 4 is 11.7 Å². The fourth-order valence-electron chi connectivity index (χ4n) is 1.83. The molecule has 0 unspecified atom stereocenters. The van der Waals surface area contributed by atoms with E-state index < -0.39 is 0 Å². The number of aryl methyl sites for hydroxylation is 2. The molecule has 0 spiro atoms. The number of nitrogens with one attached hydrogen (secondary N) is 2. The molecule has 19 heavy (non-hydrogen) atoms. The van der Waals surface area contributed by atoms with E-state index >= 15 is 0 Å². The van der Waals surface area contributed by atoms with Crippen LogP contribution in [0.5, 0.6) is 0 Å². The fraction of sp³-hybridized carbons (Fsp3) is 0.462. The van der Waals surface area contributed by atoms with Gasteiger partial charge in [-0.05, 0) is 20.8 Å². The number of aromatic amines is 1. The molecule has 6 heteroatoms. The minimum absolute atomic E-state index is 0.101. The number of H-pyrrole nitrogens is 1. The Balaban J connectivity index is 2.30. The zero-order chi connectivity index (χ0) is 14.2. The first-order valence-electron chi connectivity index (χ1n) is 6.21. The summed E-state index contributed by atoms with van der Waals surface area (Å²) in [5.41, 5.74) is 2.94. The molecule has 1 amide bonds. The van der Waals surface area contributed by atoms with Crippen molar-refractivity contribution in [3.8, 4) is 0 Å². The van der Waals surface area contributed by atoms with Crippen molar-refractivity contribution in [1.29, 1.82) is 0 Å². The molecule has 0 aliphatic carbocycles. The maximum Gasteiger partial charge on any atom is 0.262 e. The highest BCUT2D eigenvalue weighted by atomic mass is 16.5. The summed E-state index contributed by atoms with van der Waals surface area (Å²) < 4.78 is 5.21. The first-order valence-corrected chi connectivity index (χ1v) is 6.21. The van der Waals surface area contributed by atoms with Gasteiger partial charge in [0, 0.05) is 17.2 Å². The summed E-state index contributed by atoms with van der Waals surface area (Å²) in [4.78, 5) is 12.3. The molecule has 0 aliphatic rings. The van der Waals surface area contributed by atoms with Crippen molar-refractivity contribution in [2.24, 2.45) is 0 Å². The van der Waals surface area contributed by atoms with E-state index in [1.165, 1.54) is 0 Å². The molecule has 2 rings (SSSR count). The first-order chi connectivity index (χ1) is 8.91. The normalized spacial score (nSPS) is 11.1. The lowest BCUT2D eigenvalue weighted by Crippen LogP contribution is -2.15. The van der Waals surface area contributed by atoms with Crippen LogP contribution < -0.4 is 5.32 Å². The molecular formula is C13H18N4O2. The molecule has 2 aromatic heterocycles. The second kappa shape index (κ2) is 4.87. The number of rotatable bonds is 3. The zero-order valence-corrected chi connectivity index (χ0v) is 11.8. The Bertz CT molecular complexity index is 610. The average Bonchev–Trinajstić information content (AvgIpc) is 2.87. The zero-order valence-electron chi connectivity index (χ0n) is 11.8. The highest BCUT2D eigenvalue weighted by molar-refractivity contribution is 6.05. The van der Waals surface area contributed by atoms with Crippen LogP contribution in [0.25, 0.3) is 0 Å². The molecule has 2 heterocycles. The van der Waals surface area contributed by atoms with Gasteiger partial charge in [-0.2, -0.15) is 5.10 Å².